The molecule has 0 aliphatic carbocycles. The van der Waals surface area contributed by atoms with Crippen molar-refractivity contribution in [1.82, 2.24) is 0 Å². The molecule has 0 unspecified atom stereocenters. The Kier molecular flexibility index (Phi) is 6.10. The highest BCUT2D eigenvalue weighted by molar-refractivity contribution is 5.72. The first-order valence-electron chi connectivity index (χ1n) is 8.75. The van der Waals surface area contributed by atoms with Crippen LogP contribution in [0.1, 0.15) is 5.56 Å². The van der Waals surface area contributed by atoms with E-state index in [0.717, 1.165) is 6.07 Å². The first-order chi connectivity index (χ1) is 13.7. The molecule has 158 valence electrons. The SMILES string of the molecule is COc1cc(-c2c(C)cc(O)cc2O[C@H]2O[C@@H](CO)[C@H](O)[C@@H](O)[C@@H]2O)oc(=O)c1. The second-order valence-electron chi connectivity index (χ2n) is 6.63. The second kappa shape index (κ2) is 8.39. The van der Waals surface area contributed by atoms with Crippen LogP contribution in [0.15, 0.2) is 33.5 Å². The van der Waals surface area contributed by atoms with Gasteiger partial charge in [-0.1, -0.05) is 0 Å². The van der Waals surface area contributed by atoms with Crippen LogP contribution in [0, 0.1) is 6.92 Å². The Labute approximate surface area is 165 Å². The number of aliphatic hydroxyl groups excluding tert-OH is 4. The number of methoxy groups -OCH3 is 1. The van der Waals surface area contributed by atoms with Crippen molar-refractivity contribution in [1.29, 1.82) is 0 Å². The van der Waals surface area contributed by atoms with Crippen molar-refractivity contribution in [2.24, 2.45) is 0 Å². The molecule has 1 aliphatic heterocycles. The van der Waals surface area contributed by atoms with Gasteiger partial charge in [-0.25, -0.2) is 4.79 Å². The Morgan fingerprint density at radius 3 is 2.45 bits per heavy atom. The number of aliphatic hydroxyl groups is 4. The van der Waals surface area contributed by atoms with Crippen LogP contribution in [-0.4, -0.2) is 70.0 Å². The Morgan fingerprint density at radius 1 is 1.07 bits per heavy atom. The number of ether oxygens (including phenoxy) is 3. The molecule has 1 fully saturated rings. The third kappa shape index (κ3) is 4.21. The number of benzene rings is 1. The minimum Gasteiger partial charge on any atom is -0.508 e. The maximum atomic E-state index is 11.8. The monoisotopic (exact) mass is 410 g/mol. The van der Waals surface area contributed by atoms with Gasteiger partial charge in [-0.05, 0) is 18.6 Å². The van der Waals surface area contributed by atoms with Crippen LogP contribution in [0.2, 0.25) is 0 Å². The van der Waals surface area contributed by atoms with E-state index in [0.29, 0.717) is 5.56 Å². The molecule has 0 amide bonds. The molecule has 10 nitrogen and oxygen atoms in total. The number of aryl methyl sites for hydroxylation is 1. The minimum absolute atomic E-state index is 0.0248. The van der Waals surface area contributed by atoms with Crippen LogP contribution < -0.4 is 15.1 Å². The maximum Gasteiger partial charge on any atom is 0.339 e. The summed E-state index contributed by atoms with van der Waals surface area (Å²) < 4.78 is 21.3. The molecule has 3 rings (SSSR count). The topological polar surface area (TPSA) is 159 Å². The highest BCUT2D eigenvalue weighted by Gasteiger charge is 2.45. The van der Waals surface area contributed by atoms with Crippen LogP contribution in [0.25, 0.3) is 11.3 Å². The van der Waals surface area contributed by atoms with Crippen molar-refractivity contribution in [3.63, 3.8) is 0 Å². The summed E-state index contributed by atoms with van der Waals surface area (Å²) in [5.74, 6) is 0.119. The van der Waals surface area contributed by atoms with E-state index in [1.165, 1.54) is 25.3 Å². The predicted octanol–water partition coefficient (Wildman–Crippen LogP) is -0.492. The summed E-state index contributed by atoms with van der Waals surface area (Å²) in [6.07, 6.45) is -7.49. The number of aromatic hydroxyl groups is 1. The van der Waals surface area contributed by atoms with E-state index in [-0.39, 0.29) is 28.6 Å². The van der Waals surface area contributed by atoms with Crippen LogP contribution in [-0.2, 0) is 4.74 Å². The lowest BCUT2D eigenvalue weighted by atomic mass is 9.99. The molecular weight excluding hydrogens is 388 g/mol. The van der Waals surface area contributed by atoms with Gasteiger partial charge in [0.2, 0.25) is 6.29 Å². The van der Waals surface area contributed by atoms with E-state index >= 15 is 0 Å². The molecule has 1 saturated heterocycles. The maximum absolute atomic E-state index is 11.8. The van der Waals surface area contributed by atoms with Gasteiger partial charge in [-0.2, -0.15) is 0 Å². The molecule has 10 heteroatoms. The molecule has 0 bridgehead atoms. The third-order valence-electron chi connectivity index (χ3n) is 4.60. The van der Waals surface area contributed by atoms with E-state index in [2.05, 4.69) is 0 Å². The van der Waals surface area contributed by atoms with Gasteiger partial charge in [0.1, 0.15) is 47.4 Å². The lowest BCUT2D eigenvalue weighted by Crippen LogP contribution is -2.60. The van der Waals surface area contributed by atoms with Gasteiger partial charge in [-0.3, -0.25) is 0 Å². The van der Waals surface area contributed by atoms with Crippen LogP contribution >= 0.6 is 0 Å². The van der Waals surface area contributed by atoms with E-state index in [9.17, 15) is 30.3 Å². The van der Waals surface area contributed by atoms with Gasteiger partial charge < -0.3 is 44.2 Å². The fraction of sp³-hybridized carbons (Fsp3) is 0.421. The Balaban J connectivity index is 2.04. The van der Waals surface area contributed by atoms with E-state index < -0.39 is 42.9 Å². The molecule has 5 N–H and O–H groups in total. The molecule has 5 atom stereocenters. The quantitative estimate of drug-likeness (QED) is 0.435. The number of phenols is 1. The summed E-state index contributed by atoms with van der Waals surface area (Å²) in [6.45, 7) is 1.01. The first-order valence-corrected chi connectivity index (χ1v) is 8.75. The zero-order valence-corrected chi connectivity index (χ0v) is 15.7. The van der Waals surface area contributed by atoms with Crippen molar-refractivity contribution < 1.29 is 44.2 Å². The molecule has 1 aliphatic rings. The summed E-state index contributed by atoms with van der Waals surface area (Å²) >= 11 is 0. The van der Waals surface area contributed by atoms with E-state index in [1.54, 1.807) is 6.92 Å². The minimum atomic E-state index is -1.65. The smallest absolute Gasteiger partial charge is 0.339 e. The summed E-state index contributed by atoms with van der Waals surface area (Å²) in [5, 5.41) is 49.4. The number of hydrogen-bond donors (Lipinski definition) is 5. The standard InChI is InChI=1S/C19H22O10/c1-8-3-9(21)4-11(15(8)12-5-10(26-2)6-14(22)27-12)28-19-18(25)17(24)16(23)13(7-20)29-19/h3-6,13,16-21,23-25H,7H2,1-2H3/t13-,16-,17+,18-,19-/m0/s1. The Morgan fingerprint density at radius 2 is 1.79 bits per heavy atom. The molecule has 0 spiro atoms. The van der Waals surface area contributed by atoms with Gasteiger partial charge in [0.25, 0.3) is 0 Å². The van der Waals surface area contributed by atoms with Crippen molar-refractivity contribution in [3.05, 3.63) is 40.2 Å². The lowest BCUT2D eigenvalue weighted by Gasteiger charge is -2.39. The first kappa shape index (κ1) is 21.1. The molecule has 2 aromatic rings. The van der Waals surface area contributed by atoms with Crippen LogP contribution in [0.3, 0.4) is 0 Å². The zero-order valence-electron chi connectivity index (χ0n) is 15.7. The molecular formula is C19H22O10. The van der Waals surface area contributed by atoms with Crippen molar-refractivity contribution in [2.45, 2.75) is 37.6 Å². The fourth-order valence-corrected chi connectivity index (χ4v) is 3.13. The lowest BCUT2D eigenvalue weighted by molar-refractivity contribution is -0.277. The van der Waals surface area contributed by atoms with E-state index in [1.807, 2.05) is 0 Å². The Bertz CT molecular complexity index is 922. The van der Waals surface area contributed by atoms with Crippen molar-refractivity contribution in [3.8, 4) is 28.6 Å². The normalized spacial score (nSPS) is 26.9. The second-order valence-corrected chi connectivity index (χ2v) is 6.63. The van der Waals surface area contributed by atoms with Gasteiger partial charge in [0.05, 0.1) is 25.3 Å². The molecule has 0 saturated carbocycles. The average Bonchev–Trinajstić information content (AvgIpc) is 2.67. The average molecular weight is 410 g/mol. The molecule has 0 radical (unpaired) electrons. The summed E-state index contributed by atoms with van der Waals surface area (Å²) in [7, 11) is 1.38. The Hall–Kier alpha value is -2.63. The van der Waals surface area contributed by atoms with Crippen molar-refractivity contribution in [2.75, 3.05) is 13.7 Å². The number of hydrogen-bond acceptors (Lipinski definition) is 10. The van der Waals surface area contributed by atoms with Gasteiger partial charge in [0.15, 0.2) is 0 Å². The van der Waals surface area contributed by atoms with Crippen molar-refractivity contribution >= 4 is 0 Å². The molecule has 29 heavy (non-hydrogen) atoms. The number of phenolic OH excluding ortho intramolecular Hbond substituents is 1. The zero-order chi connectivity index (χ0) is 21.3. The third-order valence-corrected chi connectivity index (χ3v) is 4.60. The van der Waals surface area contributed by atoms with Crippen LogP contribution in [0.5, 0.6) is 17.2 Å². The molecule has 1 aromatic carbocycles. The fourth-order valence-electron chi connectivity index (χ4n) is 3.13. The molecule has 1 aromatic heterocycles. The van der Waals surface area contributed by atoms with Gasteiger partial charge >= 0.3 is 5.63 Å². The summed E-state index contributed by atoms with van der Waals surface area (Å²) in [6, 6.07) is 5.22. The highest BCUT2D eigenvalue weighted by atomic mass is 16.7. The highest BCUT2D eigenvalue weighted by Crippen LogP contribution is 2.38. The van der Waals surface area contributed by atoms with E-state index in [4.69, 9.17) is 18.6 Å². The summed E-state index contributed by atoms with van der Waals surface area (Å²) in [5.41, 5.74) is 0.0716. The number of rotatable bonds is 5. The largest absolute Gasteiger partial charge is 0.508 e. The van der Waals surface area contributed by atoms with Gasteiger partial charge in [-0.15, -0.1) is 0 Å². The van der Waals surface area contributed by atoms with Gasteiger partial charge in [0, 0.05) is 12.1 Å². The predicted molar refractivity (Wildman–Crippen MR) is 97.8 cm³/mol. The summed E-state index contributed by atoms with van der Waals surface area (Å²) in [4.78, 5) is 11.8. The molecule has 2 heterocycles. The van der Waals surface area contributed by atoms with Crippen LogP contribution in [0.4, 0.5) is 0 Å².